The number of hydrogen-bond donors (Lipinski definition) is 1. The second-order valence-electron chi connectivity index (χ2n) is 5.72. The van der Waals surface area contributed by atoms with Gasteiger partial charge in [0.2, 0.25) is 5.88 Å². The molecule has 26 heavy (non-hydrogen) atoms. The molecule has 0 unspecified atom stereocenters. The summed E-state index contributed by atoms with van der Waals surface area (Å²) >= 11 is 1.39. The molecule has 8 heteroatoms. The highest BCUT2D eigenvalue weighted by molar-refractivity contribution is 8.14. The van der Waals surface area contributed by atoms with Gasteiger partial charge in [0.25, 0.3) is 5.56 Å². The van der Waals surface area contributed by atoms with Crippen LogP contribution >= 0.6 is 11.8 Å². The third-order valence-electron chi connectivity index (χ3n) is 3.89. The zero-order valence-corrected chi connectivity index (χ0v) is 16.2. The van der Waals surface area contributed by atoms with Crippen molar-refractivity contribution >= 4 is 22.5 Å². The van der Waals surface area contributed by atoms with Crippen molar-refractivity contribution in [2.45, 2.75) is 19.8 Å². The summed E-state index contributed by atoms with van der Waals surface area (Å²) in [5, 5.41) is 10.8. The fourth-order valence-corrected chi connectivity index (χ4v) is 3.39. The van der Waals surface area contributed by atoms with Crippen molar-refractivity contribution in [3.05, 3.63) is 50.7 Å². The minimum Gasteiger partial charge on any atom is -0.497 e. The van der Waals surface area contributed by atoms with Gasteiger partial charge in [-0.25, -0.2) is 9.79 Å². The fourth-order valence-electron chi connectivity index (χ4n) is 2.27. The third kappa shape index (κ3) is 4.19. The van der Waals surface area contributed by atoms with Gasteiger partial charge in [0.1, 0.15) is 16.4 Å². The van der Waals surface area contributed by atoms with Crippen LogP contribution in [0.4, 0.5) is 5.69 Å². The van der Waals surface area contributed by atoms with Crippen molar-refractivity contribution in [2.75, 3.05) is 12.9 Å². The van der Waals surface area contributed by atoms with Crippen molar-refractivity contribution in [3.63, 3.8) is 0 Å². The smallest absolute Gasteiger partial charge is 0.333 e. The second kappa shape index (κ2) is 8.75. The number of methoxy groups -OCH3 is 1. The summed E-state index contributed by atoms with van der Waals surface area (Å²) in [5.74, 6) is 1.07. The second-order valence-corrected chi connectivity index (χ2v) is 6.80. The summed E-state index contributed by atoms with van der Waals surface area (Å²) < 4.78 is 7.15. The molecule has 2 aromatic rings. The molecule has 1 heterocycles. The molecule has 140 valence electrons. The highest BCUT2D eigenvalue weighted by Crippen LogP contribution is 2.25. The maximum atomic E-state index is 12.6. The molecular weight excluding hydrogens is 354 g/mol. The van der Waals surface area contributed by atoms with Gasteiger partial charge in [-0.1, -0.05) is 13.3 Å². The van der Waals surface area contributed by atoms with Crippen molar-refractivity contribution in [1.82, 2.24) is 9.13 Å². The number of aromatic nitrogens is 2. The summed E-state index contributed by atoms with van der Waals surface area (Å²) in [7, 11) is 4.38. The highest BCUT2D eigenvalue weighted by atomic mass is 32.2. The minimum absolute atomic E-state index is 0.0338. The molecule has 0 bridgehead atoms. The van der Waals surface area contributed by atoms with Crippen LogP contribution in [0.1, 0.15) is 25.3 Å². The number of rotatable bonds is 6. The van der Waals surface area contributed by atoms with Crippen LogP contribution in [0, 0.1) is 0 Å². The molecule has 0 saturated carbocycles. The van der Waals surface area contributed by atoms with Gasteiger partial charge in [0.05, 0.1) is 12.8 Å². The minimum atomic E-state index is -0.585. The molecule has 1 aromatic heterocycles. The van der Waals surface area contributed by atoms with E-state index in [1.807, 2.05) is 0 Å². The summed E-state index contributed by atoms with van der Waals surface area (Å²) in [6.45, 7) is 2.07. The van der Waals surface area contributed by atoms with Gasteiger partial charge >= 0.3 is 5.69 Å². The zero-order chi connectivity index (χ0) is 19.3. The Morgan fingerprint density at radius 3 is 2.42 bits per heavy atom. The summed E-state index contributed by atoms with van der Waals surface area (Å²) in [6.07, 6.45) is 1.94. The van der Waals surface area contributed by atoms with E-state index in [1.165, 1.54) is 25.9 Å². The molecule has 0 aliphatic carbocycles. The molecule has 0 radical (unpaired) electrons. The van der Waals surface area contributed by atoms with Gasteiger partial charge in [0, 0.05) is 14.1 Å². The van der Waals surface area contributed by atoms with Crippen LogP contribution < -0.4 is 16.0 Å². The molecule has 7 nitrogen and oxygen atoms in total. The van der Waals surface area contributed by atoms with Crippen LogP contribution in [0.5, 0.6) is 11.6 Å². The van der Waals surface area contributed by atoms with E-state index in [-0.39, 0.29) is 11.4 Å². The van der Waals surface area contributed by atoms with E-state index < -0.39 is 11.2 Å². The Kier molecular flexibility index (Phi) is 6.68. The standard InChI is InChI=1S/C18H23N3O4S/c1-5-6-11-26-15(19-12-7-9-13(25-4)10-8-12)14-16(22)20(2)18(24)21(3)17(14)23/h7-10,22H,5-6,11H2,1-4H3. The van der Waals surface area contributed by atoms with Crippen molar-refractivity contribution < 1.29 is 9.84 Å². The van der Waals surface area contributed by atoms with Gasteiger partial charge in [-0.05, 0) is 36.4 Å². The Balaban J connectivity index is 2.60. The Morgan fingerprint density at radius 1 is 1.19 bits per heavy atom. The molecule has 2 rings (SSSR count). The van der Waals surface area contributed by atoms with E-state index >= 15 is 0 Å². The number of aliphatic imine (C=N–C) groups is 1. The van der Waals surface area contributed by atoms with Crippen LogP contribution in [0.2, 0.25) is 0 Å². The van der Waals surface area contributed by atoms with Crippen LogP contribution in [-0.4, -0.2) is 32.1 Å². The molecule has 0 fully saturated rings. The Labute approximate surface area is 156 Å². The Bertz CT molecular complexity index is 914. The number of thioether (sulfide) groups is 1. The first-order valence-electron chi connectivity index (χ1n) is 8.25. The summed E-state index contributed by atoms with van der Waals surface area (Å²) in [6, 6.07) is 7.07. The lowest BCUT2D eigenvalue weighted by atomic mass is 10.3. The SMILES string of the molecule is CCCCSC(=Nc1ccc(OC)cc1)c1c(O)n(C)c(=O)n(C)c1=O. The van der Waals surface area contributed by atoms with E-state index in [4.69, 9.17) is 4.74 Å². The number of benzene rings is 1. The van der Waals surface area contributed by atoms with Gasteiger partial charge in [-0.15, -0.1) is 11.8 Å². The molecule has 0 aliphatic rings. The average molecular weight is 377 g/mol. The van der Waals surface area contributed by atoms with Crippen LogP contribution in [0.25, 0.3) is 0 Å². The van der Waals surface area contributed by atoms with E-state index in [1.54, 1.807) is 31.4 Å². The first-order chi connectivity index (χ1) is 12.4. The maximum Gasteiger partial charge on any atom is 0.333 e. The van der Waals surface area contributed by atoms with E-state index in [2.05, 4.69) is 11.9 Å². The quantitative estimate of drug-likeness (QED) is 0.475. The van der Waals surface area contributed by atoms with Crippen molar-refractivity contribution in [2.24, 2.45) is 19.1 Å². The number of nitrogens with zero attached hydrogens (tertiary/aromatic N) is 3. The van der Waals surface area contributed by atoms with E-state index in [0.717, 1.165) is 27.7 Å². The number of aromatic hydroxyl groups is 1. The molecule has 0 amide bonds. The summed E-state index contributed by atoms with van der Waals surface area (Å²) in [4.78, 5) is 29.1. The lowest BCUT2D eigenvalue weighted by Gasteiger charge is -2.12. The number of hydrogen-bond acceptors (Lipinski definition) is 6. The monoisotopic (exact) mass is 377 g/mol. The Hall–Kier alpha value is -2.48. The van der Waals surface area contributed by atoms with E-state index in [0.29, 0.717) is 16.5 Å². The lowest BCUT2D eigenvalue weighted by Crippen LogP contribution is -2.39. The number of unbranched alkanes of at least 4 members (excludes halogenated alkanes) is 1. The molecule has 0 atom stereocenters. The molecule has 1 N–H and O–H groups in total. The predicted octanol–water partition coefficient (Wildman–Crippen LogP) is 2.41. The first kappa shape index (κ1) is 19.8. The van der Waals surface area contributed by atoms with Crippen molar-refractivity contribution in [1.29, 1.82) is 0 Å². The summed E-state index contributed by atoms with van der Waals surface area (Å²) in [5.41, 5.74) is -0.493. The molecule has 0 saturated heterocycles. The van der Waals surface area contributed by atoms with Gasteiger partial charge < -0.3 is 9.84 Å². The first-order valence-corrected chi connectivity index (χ1v) is 9.24. The lowest BCUT2D eigenvalue weighted by molar-refractivity contribution is 0.410. The van der Waals surface area contributed by atoms with E-state index in [9.17, 15) is 14.7 Å². The predicted molar refractivity (Wildman–Crippen MR) is 105 cm³/mol. The molecule has 0 spiro atoms. The fraction of sp³-hybridized carbons (Fsp3) is 0.389. The Morgan fingerprint density at radius 2 is 1.85 bits per heavy atom. The molecule has 1 aromatic carbocycles. The third-order valence-corrected chi connectivity index (χ3v) is 4.95. The normalized spacial score (nSPS) is 11.6. The molecular formula is C18H23N3O4S. The van der Waals surface area contributed by atoms with Gasteiger partial charge in [0.15, 0.2) is 0 Å². The average Bonchev–Trinajstić information content (AvgIpc) is 2.65. The zero-order valence-electron chi connectivity index (χ0n) is 15.4. The van der Waals surface area contributed by atoms with Crippen LogP contribution in [0.15, 0.2) is 38.8 Å². The number of ether oxygens (including phenoxy) is 1. The van der Waals surface area contributed by atoms with Crippen molar-refractivity contribution in [3.8, 4) is 11.6 Å². The highest BCUT2D eigenvalue weighted by Gasteiger charge is 2.20. The topological polar surface area (TPSA) is 85.8 Å². The van der Waals surface area contributed by atoms with Crippen LogP contribution in [0.3, 0.4) is 0 Å². The van der Waals surface area contributed by atoms with Gasteiger partial charge in [-0.3, -0.25) is 13.9 Å². The largest absolute Gasteiger partial charge is 0.497 e. The maximum absolute atomic E-state index is 12.6. The molecule has 0 aliphatic heterocycles. The van der Waals surface area contributed by atoms with Crippen LogP contribution in [-0.2, 0) is 14.1 Å². The van der Waals surface area contributed by atoms with Gasteiger partial charge in [-0.2, -0.15) is 0 Å².